The molecular weight excluding hydrogens is 294 g/mol. The normalized spacial score (nSPS) is 20.8. The van der Waals surface area contributed by atoms with Crippen LogP contribution in [0.25, 0.3) is 0 Å². The topological polar surface area (TPSA) is 44.4 Å². The Bertz CT molecular complexity index is 735. The lowest BCUT2D eigenvalue weighted by atomic mass is 10.0. The van der Waals surface area contributed by atoms with E-state index in [1.807, 2.05) is 0 Å². The van der Waals surface area contributed by atoms with Crippen molar-refractivity contribution in [3.05, 3.63) is 51.4 Å². The van der Waals surface area contributed by atoms with Gasteiger partial charge in [0.15, 0.2) is 0 Å². The Morgan fingerprint density at radius 1 is 1.23 bits per heavy atom. The van der Waals surface area contributed by atoms with Crippen molar-refractivity contribution in [2.45, 2.75) is 26.1 Å². The minimum absolute atomic E-state index is 0.0568. The van der Waals surface area contributed by atoms with Gasteiger partial charge in [-0.2, -0.15) is 0 Å². The summed E-state index contributed by atoms with van der Waals surface area (Å²) in [6.45, 7) is 4.03. The van der Waals surface area contributed by atoms with Crippen LogP contribution in [0.4, 0.5) is 5.00 Å². The van der Waals surface area contributed by atoms with Gasteiger partial charge in [0.05, 0.1) is 5.56 Å². The van der Waals surface area contributed by atoms with Gasteiger partial charge in [-0.1, -0.05) is 29.8 Å². The Balaban J connectivity index is 1.69. The highest BCUT2D eigenvalue weighted by Crippen LogP contribution is 2.40. The molecular formula is C17H19N3OS. The van der Waals surface area contributed by atoms with Crippen molar-refractivity contribution < 1.29 is 4.79 Å². The van der Waals surface area contributed by atoms with E-state index in [0.29, 0.717) is 0 Å². The van der Waals surface area contributed by atoms with Gasteiger partial charge in [-0.15, -0.1) is 11.3 Å². The summed E-state index contributed by atoms with van der Waals surface area (Å²) in [6, 6.07) is 8.29. The van der Waals surface area contributed by atoms with E-state index in [9.17, 15) is 4.79 Å². The average molecular weight is 313 g/mol. The number of amides is 1. The fourth-order valence-electron chi connectivity index (χ4n) is 3.17. The minimum Gasteiger partial charge on any atom is -0.353 e. The van der Waals surface area contributed by atoms with Crippen molar-refractivity contribution >= 4 is 22.2 Å². The molecule has 2 aromatic rings. The van der Waals surface area contributed by atoms with E-state index in [-0.39, 0.29) is 12.1 Å². The average Bonchev–Trinajstić information content (AvgIpc) is 2.85. The second-order valence-corrected chi connectivity index (χ2v) is 7.26. The smallest absolute Gasteiger partial charge is 0.256 e. The van der Waals surface area contributed by atoms with Crippen molar-refractivity contribution in [1.82, 2.24) is 10.2 Å². The lowest BCUT2D eigenvalue weighted by molar-refractivity contribution is 0.0935. The van der Waals surface area contributed by atoms with Crippen LogP contribution in [0.1, 0.15) is 38.1 Å². The van der Waals surface area contributed by atoms with Crippen LogP contribution in [0, 0.1) is 6.92 Å². The third kappa shape index (κ3) is 2.21. The number of thiophene rings is 1. The summed E-state index contributed by atoms with van der Waals surface area (Å²) in [7, 11) is 2.13. The van der Waals surface area contributed by atoms with E-state index in [1.165, 1.54) is 16.0 Å². The van der Waals surface area contributed by atoms with Crippen LogP contribution in [0.2, 0.25) is 0 Å². The molecule has 22 heavy (non-hydrogen) atoms. The highest BCUT2D eigenvalue weighted by Gasteiger charge is 2.32. The molecule has 0 fully saturated rings. The third-order valence-corrected chi connectivity index (χ3v) is 5.58. The number of likely N-dealkylation sites (N-methyl/N-ethyl adjacent to an activating group) is 1. The van der Waals surface area contributed by atoms with Crippen molar-refractivity contribution in [3.8, 4) is 0 Å². The predicted octanol–water partition coefficient (Wildman–Crippen LogP) is 2.90. The SMILES string of the molecule is Cc1ccc([C@H]2NC(=O)c3c(sc4c3CCN(C)C4)N2)cc1. The van der Waals surface area contributed by atoms with Crippen LogP contribution in [0.15, 0.2) is 24.3 Å². The highest BCUT2D eigenvalue weighted by molar-refractivity contribution is 7.16. The number of nitrogens with one attached hydrogen (secondary N) is 2. The number of rotatable bonds is 1. The van der Waals surface area contributed by atoms with Gasteiger partial charge in [0.1, 0.15) is 11.2 Å². The Labute approximate surface area is 134 Å². The second-order valence-electron chi connectivity index (χ2n) is 6.16. The maximum Gasteiger partial charge on any atom is 0.256 e. The first kappa shape index (κ1) is 13.8. The molecule has 0 radical (unpaired) electrons. The fraction of sp³-hybridized carbons (Fsp3) is 0.353. The molecule has 5 heteroatoms. The molecule has 0 aliphatic carbocycles. The molecule has 1 aromatic carbocycles. The van der Waals surface area contributed by atoms with Gasteiger partial charge < -0.3 is 15.5 Å². The maximum atomic E-state index is 12.6. The Kier molecular flexibility index (Phi) is 3.20. The molecule has 3 heterocycles. The molecule has 1 amide bonds. The van der Waals surface area contributed by atoms with Crippen LogP contribution in [-0.4, -0.2) is 24.4 Å². The van der Waals surface area contributed by atoms with Gasteiger partial charge in [-0.25, -0.2) is 0 Å². The zero-order chi connectivity index (χ0) is 15.3. The quantitative estimate of drug-likeness (QED) is 0.851. The summed E-state index contributed by atoms with van der Waals surface area (Å²) in [5.41, 5.74) is 4.43. The zero-order valence-electron chi connectivity index (χ0n) is 12.8. The largest absolute Gasteiger partial charge is 0.353 e. The van der Waals surface area contributed by atoms with Crippen molar-refractivity contribution in [2.24, 2.45) is 0 Å². The third-order valence-electron chi connectivity index (χ3n) is 4.44. The number of fused-ring (bicyclic) bond motifs is 3. The molecule has 0 bridgehead atoms. The van der Waals surface area contributed by atoms with E-state index in [2.05, 4.69) is 53.8 Å². The zero-order valence-corrected chi connectivity index (χ0v) is 13.6. The van der Waals surface area contributed by atoms with E-state index in [4.69, 9.17) is 0 Å². The molecule has 0 spiro atoms. The van der Waals surface area contributed by atoms with Gasteiger partial charge in [-0.3, -0.25) is 4.79 Å². The second kappa shape index (κ2) is 5.11. The molecule has 2 N–H and O–H groups in total. The number of aryl methyl sites for hydroxylation is 1. The van der Waals surface area contributed by atoms with Crippen LogP contribution in [0.5, 0.6) is 0 Å². The lowest BCUT2D eigenvalue weighted by Crippen LogP contribution is -2.38. The van der Waals surface area contributed by atoms with E-state index in [1.54, 1.807) is 11.3 Å². The van der Waals surface area contributed by atoms with E-state index in [0.717, 1.165) is 35.6 Å². The van der Waals surface area contributed by atoms with Gasteiger partial charge in [0.2, 0.25) is 0 Å². The minimum atomic E-state index is -0.140. The Hall–Kier alpha value is -1.85. The van der Waals surface area contributed by atoms with Crippen LogP contribution in [-0.2, 0) is 13.0 Å². The van der Waals surface area contributed by atoms with Crippen molar-refractivity contribution in [2.75, 3.05) is 18.9 Å². The number of nitrogens with zero attached hydrogens (tertiary/aromatic N) is 1. The van der Waals surface area contributed by atoms with Crippen LogP contribution >= 0.6 is 11.3 Å². The predicted molar refractivity (Wildman–Crippen MR) is 89.4 cm³/mol. The molecule has 0 saturated carbocycles. The van der Waals surface area contributed by atoms with Crippen molar-refractivity contribution in [3.63, 3.8) is 0 Å². The first-order chi connectivity index (χ1) is 10.6. The summed E-state index contributed by atoms with van der Waals surface area (Å²) in [5, 5.41) is 7.62. The molecule has 0 unspecified atom stereocenters. The molecule has 1 atom stereocenters. The van der Waals surface area contributed by atoms with Crippen LogP contribution in [0.3, 0.4) is 0 Å². The van der Waals surface area contributed by atoms with E-state index >= 15 is 0 Å². The summed E-state index contributed by atoms with van der Waals surface area (Å²) < 4.78 is 0. The summed E-state index contributed by atoms with van der Waals surface area (Å²) in [4.78, 5) is 16.2. The maximum absolute atomic E-state index is 12.6. The number of benzene rings is 1. The Morgan fingerprint density at radius 2 is 2.00 bits per heavy atom. The van der Waals surface area contributed by atoms with Gasteiger partial charge in [0, 0.05) is 18.0 Å². The summed E-state index contributed by atoms with van der Waals surface area (Å²) in [6.07, 6.45) is 0.820. The van der Waals surface area contributed by atoms with Gasteiger partial charge >= 0.3 is 0 Å². The highest BCUT2D eigenvalue weighted by atomic mass is 32.1. The first-order valence-corrected chi connectivity index (χ1v) is 8.40. The van der Waals surface area contributed by atoms with Gasteiger partial charge in [0.25, 0.3) is 5.91 Å². The number of hydrogen-bond donors (Lipinski definition) is 2. The summed E-state index contributed by atoms with van der Waals surface area (Å²) in [5.74, 6) is 0.0568. The lowest BCUT2D eigenvalue weighted by Gasteiger charge is -2.27. The molecule has 4 nitrogen and oxygen atoms in total. The molecule has 2 aliphatic heterocycles. The monoisotopic (exact) mass is 313 g/mol. The molecule has 2 aliphatic rings. The first-order valence-electron chi connectivity index (χ1n) is 7.59. The summed E-state index contributed by atoms with van der Waals surface area (Å²) >= 11 is 1.73. The molecule has 1 aromatic heterocycles. The standard InChI is InChI=1S/C17H19N3OS/c1-10-3-5-11(6-4-10)15-18-16(21)14-12-7-8-20(2)9-13(12)22-17(14)19-15/h3-6,15,19H,7-9H2,1-2H3,(H,18,21)/t15-/m0/s1. The van der Waals surface area contributed by atoms with Crippen LogP contribution < -0.4 is 10.6 Å². The molecule has 4 rings (SSSR count). The Morgan fingerprint density at radius 3 is 2.77 bits per heavy atom. The fourth-order valence-corrected chi connectivity index (χ4v) is 4.52. The van der Waals surface area contributed by atoms with Crippen molar-refractivity contribution in [1.29, 1.82) is 0 Å². The number of carbonyl (C=O) groups is 1. The number of hydrogen-bond acceptors (Lipinski definition) is 4. The molecule has 114 valence electrons. The van der Waals surface area contributed by atoms with Gasteiger partial charge in [-0.05, 0) is 31.5 Å². The number of anilines is 1. The molecule has 0 saturated heterocycles. The van der Waals surface area contributed by atoms with E-state index < -0.39 is 0 Å². The number of carbonyl (C=O) groups excluding carboxylic acids is 1.